The minimum absolute atomic E-state index is 0.222. The van der Waals surface area contributed by atoms with E-state index >= 15 is 0 Å². The lowest BCUT2D eigenvalue weighted by Crippen LogP contribution is -2.44. The SMILES string of the molecule is CCCCCNC(=O)CN1C(=O)NC2(CCc3ccccc32)C1=O. The van der Waals surface area contributed by atoms with Crippen molar-refractivity contribution in [1.29, 1.82) is 0 Å². The lowest BCUT2D eigenvalue weighted by Gasteiger charge is -2.22. The highest BCUT2D eigenvalue weighted by Gasteiger charge is 2.55. The molecule has 2 N–H and O–H groups in total. The number of urea groups is 1. The Morgan fingerprint density at radius 2 is 2.08 bits per heavy atom. The van der Waals surface area contributed by atoms with Gasteiger partial charge >= 0.3 is 6.03 Å². The minimum Gasteiger partial charge on any atom is -0.355 e. The molecule has 2 aliphatic rings. The van der Waals surface area contributed by atoms with E-state index in [1.807, 2.05) is 24.3 Å². The average Bonchev–Trinajstić information content (AvgIpc) is 3.06. The summed E-state index contributed by atoms with van der Waals surface area (Å²) in [5.74, 6) is -0.612. The monoisotopic (exact) mass is 329 g/mol. The second-order valence-corrected chi connectivity index (χ2v) is 6.44. The number of nitrogens with one attached hydrogen (secondary N) is 2. The zero-order chi connectivity index (χ0) is 17.2. The Morgan fingerprint density at radius 3 is 2.88 bits per heavy atom. The van der Waals surface area contributed by atoms with Gasteiger partial charge in [0.15, 0.2) is 0 Å². The lowest BCUT2D eigenvalue weighted by molar-refractivity contribution is -0.135. The molecule has 6 nitrogen and oxygen atoms in total. The van der Waals surface area contributed by atoms with Gasteiger partial charge in [-0.05, 0) is 30.4 Å². The maximum absolute atomic E-state index is 12.9. The summed E-state index contributed by atoms with van der Waals surface area (Å²) < 4.78 is 0. The molecule has 0 saturated carbocycles. The Bertz CT molecular complexity index is 673. The normalized spacial score (nSPS) is 22.0. The van der Waals surface area contributed by atoms with E-state index in [0.717, 1.165) is 41.7 Å². The van der Waals surface area contributed by atoms with Gasteiger partial charge in [0.2, 0.25) is 5.91 Å². The molecule has 4 amide bonds. The number of fused-ring (bicyclic) bond motifs is 2. The highest BCUT2D eigenvalue weighted by molar-refractivity contribution is 6.09. The van der Waals surface area contributed by atoms with E-state index in [4.69, 9.17) is 0 Å². The summed E-state index contributed by atoms with van der Waals surface area (Å²) in [6.45, 7) is 2.44. The fraction of sp³-hybridized carbons (Fsp3) is 0.500. The van der Waals surface area contributed by atoms with Gasteiger partial charge in [0, 0.05) is 6.54 Å². The number of carbonyl (C=O) groups excluding carboxylic acids is 3. The summed E-state index contributed by atoms with van der Waals surface area (Å²) in [6, 6.07) is 7.18. The number of unbranched alkanes of at least 4 members (excludes halogenated alkanes) is 2. The van der Waals surface area contributed by atoms with Crippen LogP contribution in [0.25, 0.3) is 0 Å². The number of hydrogen-bond donors (Lipinski definition) is 2. The minimum atomic E-state index is -0.990. The second kappa shape index (κ2) is 6.63. The molecule has 6 heteroatoms. The first-order chi connectivity index (χ1) is 11.6. The number of rotatable bonds is 6. The molecule has 0 radical (unpaired) electrons. The molecular formula is C18H23N3O3. The molecule has 0 aromatic heterocycles. The van der Waals surface area contributed by atoms with Crippen molar-refractivity contribution < 1.29 is 14.4 Å². The zero-order valence-corrected chi connectivity index (χ0v) is 13.9. The molecular weight excluding hydrogens is 306 g/mol. The maximum Gasteiger partial charge on any atom is 0.325 e. The van der Waals surface area contributed by atoms with E-state index in [-0.39, 0.29) is 18.4 Å². The van der Waals surface area contributed by atoms with E-state index in [0.29, 0.717) is 13.0 Å². The maximum atomic E-state index is 12.9. The van der Waals surface area contributed by atoms with Gasteiger partial charge in [-0.1, -0.05) is 44.0 Å². The third-order valence-corrected chi connectivity index (χ3v) is 4.83. The Hall–Kier alpha value is -2.37. The van der Waals surface area contributed by atoms with Crippen molar-refractivity contribution in [3.05, 3.63) is 35.4 Å². The quantitative estimate of drug-likeness (QED) is 0.616. The molecule has 1 aliphatic heterocycles. The molecule has 128 valence electrons. The van der Waals surface area contributed by atoms with Crippen LogP contribution in [0.1, 0.15) is 43.7 Å². The van der Waals surface area contributed by atoms with Gasteiger partial charge in [0.25, 0.3) is 5.91 Å². The topological polar surface area (TPSA) is 78.5 Å². The second-order valence-electron chi connectivity index (χ2n) is 6.44. The Morgan fingerprint density at radius 1 is 1.29 bits per heavy atom. The molecule has 1 heterocycles. The molecule has 1 fully saturated rings. The predicted molar refractivity (Wildman–Crippen MR) is 89.2 cm³/mol. The zero-order valence-electron chi connectivity index (χ0n) is 13.9. The lowest BCUT2D eigenvalue weighted by atomic mass is 9.92. The van der Waals surface area contributed by atoms with Crippen LogP contribution in [0, 0.1) is 0 Å². The van der Waals surface area contributed by atoms with E-state index in [9.17, 15) is 14.4 Å². The van der Waals surface area contributed by atoms with Crippen LogP contribution in [0.4, 0.5) is 4.79 Å². The molecule has 24 heavy (non-hydrogen) atoms. The highest BCUT2D eigenvalue weighted by Crippen LogP contribution is 2.41. The van der Waals surface area contributed by atoms with Crippen LogP contribution >= 0.6 is 0 Å². The van der Waals surface area contributed by atoms with Gasteiger partial charge in [0.05, 0.1) is 0 Å². The van der Waals surface area contributed by atoms with Crippen molar-refractivity contribution in [3.63, 3.8) is 0 Å². The van der Waals surface area contributed by atoms with Crippen molar-refractivity contribution in [2.45, 2.75) is 44.6 Å². The number of carbonyl (C=O) groups is 3. The van der Waals surface area contributed by atoms with Gasteiger partial charge in [-0.15, -0.1) is 0 Å². The van der Waals surface area contributed by atoms with Crippen LogP contribution in [0.5, 0.6) is 0 Å². The largest absolute Gasteiger partial charge is 0.355 e. The van der Waals surface area contributed by atoms with Crippen LogP contribution < -0.4 is 10.6 Å². The molecule has 0 bridgehead atoms. The average molecular weight is 329 g/mol. The molecule has 1 aliphatic carbocycles. The van der Waals surface area contributed by atoms with Gasteiger partial charge in [-0.25, -0.2) is 4.79 Å². The fourth-order valence-corrected chi connectivity index (χ4v) is 3.54. The molecule has 1 saturated heterocycles. The molecule has 1 aromatic carbocycles. The number of nitrogens with zero attached hydrogens (tertiary/aromatic N) is 1. The van der Waals surface area contributed by atoms with Crippen molar-refractivity contribution in [3.8, 4) is 0 Å². The highest BCUT2D eigenvalue weighted by atomic mass is 16.2. The molecule has 1 spiro atoms. The van der Waals surface area contributed by atoms with Crippen LogP contribution in [-0.2, 0) is 21.5 Å². The summed E-state index contributed by atoms with van der Waals surface area (Å²) in [5.41, 5.74) is 0.946. The van der Waals surface area contributed by atoms with Gasteiger partial charge < -0.3 is 10.6 Å². The molecule has 1 aromatic rings. The fourth-order valence-electron chi connectivity index (χ4n) is 3.54. The van der Waals surface area contributed by atoms with Crippen LogP contribution in [0.2, 0.25) is 0 Å². The third-order valence-electron chi connectivity index (χ3n) is 4.83. The van der Waals surface area contributed by atoms with Crippen molar-refractivity contribution in [1.82, 2.24) is 15.5 Å². The molecule has 1 unspecified atom stereocenters. The number of hydrogen-bond acceptors (Lipinski definition) is 3. The van der Waals surface area contributed by atoms with E-state index < -0.39 is 11.6 Å². The van der Waals surface area contributed by atoms with Crippen molar-refractivity contribution in [2.24, 2.45) is 0 Å². The summed E-state index contributed by atoms with van der Waals surface area (Å²) in [4.78, 5) is 38.2. The Balaban J connectivity index is 1.68. The Kier molecular flexibility index (Phi) is 4.55. The summed E-state index contributed by atoms with van der Waals surface area (Å²) in [6.07, 6.45) is 4.32. The van der Waals surface area contributed by atoms with E-state index in [2.05, 4.69) is 17.6 Å². The number of amides is 4. The predicted octanol–water partition coefficient (Wildman–Crippen LogP) is 1.69. The molecule has 1 atom stereocenters. The van der Waals surface area contributed by atoms with Gasteiger partial charge in [-0.3, -0.25) is 14.5 Å². The summed E-state index contributed by atoms with van der Waals surface area (Å²) >= 11 is 0. The van der Waals surface area contributed by atoms with Gasteiger partial charge in [-0.2, -0.15) is 0 Å². The first-order valence-corrected chi connectivity index (χ1v) is 8.57. The first kappa shape index (κ1) is 16.5. The third kappa shape index (κ3) is 2.77. The number of imide groups is 1. The van der Waals surface area contributed by atoms with Crippen molar-refractivity contribution >= 4 is 17.8 Å². The van der Waals surface area contributed by atoms with Crippen molar-refractivity contribution in [2.75, 3.05) is 13.1 Å². The summed E-state index contributed by atoms with van der Waals surface area (Å²) in [5, 5.41) is 5.60. The molecule has 3 rings (SSSR count). The van der Waals surface area contributed by atoms with Gasteiger partial charge in [0.1, 0.15) is 12.1 Å². The summed E-state index contributed by atoms with van der Waals surface area (Å²) in [7, 11) is 0. The number of benzene rings is 1. The van der Waals surface area contributed by atoms with Crippen LogP contribution in [0.3, 0.4) is 0 Å². The van der Waals surface area contributed by atoms with E-state index in [1.54, 1.807) is 0 Å². The first-order valence-electron chi connectivity index (χ1n) is 8.57. The van der Waals surface area contributed by atoms with Crippen LogP contribution in [-0.4, -0.2) is 35.8 Å². The standard InChI is InChI=1S/C18H23N3O3/c1-2-3-6-11-19-15(22)12-21-16(23)18(20-17(21)24)10-9-13-7-4-5-8-14(13)18/h4-5,7-8H,2-3,6,9-12H2,1H3,(H,19,22)(H,20,24). The smallest absolute Gasteiger partial charge is 0.325 e. The van der Waals surface area contributed by atoms with Crippen LogP contribution in [0.15, 0.2) is 24.3 Å². The van der Waals surface area contributed by atoms with E-state index in [1.165, 1.54) is 0 Å². The Labute approximate surface area is 141 Å². The number of aryl methyl sites for hydroxylation is 1.